The average molecular weight is 259 g/mol. The van der Waals surface area contributed by atoms with E-state index in [0.29, 0.717) is 0 Å². The van der Waals surface area contributed by atoms with Gasteiger partial charge in [-0.15, -0.1) is 0 Å². The quantitative estimate of drug-likeness (QED) is 0.668. The van der Waals surface area contributed by atoms with Crippen molar-refractivity contribution in [3.8, 4) is 0 Å². The Bertz CT molecular complexity index is 16.3. The van der Waals surface area contributed by atoms with Crippen molar-refractivity contribution in [2.24, 2.45) is 0 Å². The summed E-state index contributed by atoms with van der Waals surface area (Å²) in [6, 6.07) is 0. The molecular weight excluding hydrogens is 252 g/mol. The van der Waals surface area contributed by atoms with E-state index in [1.54, 1.807) is 0 Å². The second kappa shape index (κ2) is 9.15. The largest absolute Gasteiger partial charge is 2.00 e. The molecule has 0 amide bonds. The molecular formula is C3H7O2W+. The van der Waals surface area contributed by atoms with Gasteiger partial charge in [-0.25, -0.2) is 0 Å². The van der Waals surface area contributed by atoms with Crippen molar-refractivity contribution >= 4 is 0 Å². The third kappa shape index (κ3) is 8.82. The maximum atomic E-state index is 4.34. The van der Waals surface area contributed by atoms with Gasteiger partial charge in [0.1, 0.15) is 0 Å². The Balaban J connectivity index is 0. The number of hydrogen-bond donors (Lipinski definition) is 0. The Kier molecular flexibility index (Phi) is 14.9. The molecule has 0 aliphatic rings. The molecule has 0 heterocycles. The van der Waals surface area contributed by atoms with Crippen molar-refractivity contribution in [1.82, 2.24) is 0 Å². The molecule has 0 aliphatic carbocycles. The molecule has 0 bridgehead atoms. The van der Waals surface area contributed by atoms with Crippen LogP contribution >= 0.6 is 0 Å². The van der Waals surface area contributed by atoms with Gasteiger partial charge in [-0.05, 0) is 0 Å². The third-order valence-electron chi connectivity index (χ3n) is 0.192. The minimum atomic E-state index is 0. The Morgan fingerprint density at radius 3 is 1.50 bits per heavy atom. The van der Waals surface area contributed by atoms with Crippen molar-refractivity contribution in [1.29, 1.82) is 0 Å². The molecule has 0 aliphatic heterocycles. The molecule has 0 saturated heterocycles. The van der Waals surface area contributed by atoms with E-state index in [-0.39, 0.29) is 21.1 Å². The number of rotatable bonds is 2. The summed E-state index contributed by atoms with van der Waals surface area (Å²) < 4.78 is 8.69. The van der Waals surface area contributed by atoms with Crippen molar-refractivity contribution in [2.45, 2.75) is 0 Å². The van der Waals surface area contributed by atoms with Crippen LogP contribution < -0.4 is 0 Å². The zero-order valence-corrected chi connectivity index (χ0v) is 6.74. The van der Waals surface area contributed by atoms with E-state index in [4.69, 9.17) is 0 Å². The first-order chi connectivity index (χ1) is 2.41. The van der Waals surface area contributed by atoms with E-state index in [1.807, 2.05) is 0 Å². The van der Waals surface area contributed by atoms with Gasteiger partial charge in [0.25, 0.3) is 0 Å². The monoisotopic (exact) mass is 259 g/mol. The molecule has 0 atom stereocenters. The topological polar surface area (TPSA) is 18.5 Å². The van der Waals surface area contributed by atoms with Gasteiger partial charge in [0.15, 0.2) is 0 Å². The van der Waals surface area contributed by atoms with Crippen molar-refractivity contribution < 1.29 is 30.5 Å². The fourth-order valence-corrected chi connectivity index (χ4v) is 0.0962. The molecule has 0 aromatic heterocycles. The first-order valence-corrected chi connectivity index (χ1v) is 1.29. The summed E-state index contributed by atoms with van der Waals surface area (Å²) >= 11 is 0. The predicted molar refractivity (Wildman–Crippen MR) is 18.3 cm³/mol. The second-order valence-electron chi connectivity index (χ2n) is 0.568. The molecule has 0 saturated carbocycles. The first-order valence-electron chi connectivity index (χ1n) is 1.29. The van der Waals surface area contributed by atoms with Gasteiger partial charge in [0, 0.05) is 14.2 Å². The summed E-state index contributed by atoms with van der Waals surface area (Å²) in [7, 11) is 3.06. The van der Waals surface area contributed by atoms with Crippen LogP contribution in [0.15, 0.2) is 0 Å². The van der Waals surface area contributed by atoms with Crippen LogP contribution in [0.3, 0.4) is 0 Å². The SMILES string of the molecule is CO[CH-]OC.[W+2]. The fourth-order valence-electron chi connectivity index (χ4n) is 0.0962. The molecule has 0 radical (unpaired) electrons. The van der Waals surface area contributed by atoms with Gasteiger partial charge in [-0.2, -0.15) is 0 Å². The summed E-state index contributed by atoms with van der Waals surface area (Å²) in [5.74, 6) is 0. The van der Waals surface area contributed by atoms with Gasteiger partial charge in [-0.3, -0.25) is 0 Å². The van der Waals surface area contributed by atoms with Crippen LogP contribution in [0.2, 0.25) is 0 Å². The van der Waals surface area contributed by atoms with E-state index in [0.717, 1.165) is 0 Å². The second-order valence-corrected chi connectivity index (χ2v) is 0.568. The van der Waals surface area contributed by atoms with Crippen molar-refractivity contribution in [3.63, 3.8) is 0 Å². The van der Waals surface area contributed by atoms with Crippen LogP contribution in [0.5, 0.6) is 0 Å². The van der Waals surface area contributed by atoms with E-state index in [9.17, 15) is 0 Å². The zero-order chi connectivity index (χ0) is 4.12. The van der Waals surface area contributed by atoms with Crippen LogP contribution in [0, 0.1) is 6.79 Å². The summed E-state index contributed by atoms with van der Waals surface area (Å²) in [4.78, 5) is 0. The molecule has 0 aromatic rings. The molecule has 36 valence electrons. The van der Waals surface area contributed by atoms with Crippen molar-refractivity contribution in [3.05, 3.63) is 6.79 Å². The van der Waals surface area contributed by atoms with Gasteiger partial charge < -0.3 is 9.47 Å². The Labute approximate surface area is 52.1 Å². The summed E-state index contributed by atoms with van der Waals surface area (Å²) in [6.45, 7) is 1.25. The molecule has 3 heteroatoms. The minimum absolute atomic E-state index is 0. The third-order valence-corrected chi connectivity index (χ3v) is 0.192. The smallest absolute Gasteiger partial charge is 0.527 e. The summed E-state index contributed by atoms with van der Waals surface area (Å²) in [5, 5.41) is 0. The van der Waals surface area contributed by atoms with Gasteiger partial charge in [-0.1, -0.05) is 6.79 Å². The fraction of sp³-hybridized carbons (Fsp3) is 0.667. The molecule has 0 rings (SSSR count). The van der Waals surface area contributed by atoms with Crippen LogP contribution in [0.1, 0.15) is 0 Å². The Morgan fingerprint density at radius 2 is 1.50 bits per heavy atom. The number of ether oxygens (including phenoxy) is 2. The maximum Gasteiger partial charge on any atom is 2.00 e. The maximum absolute atomic E-state index is 4.34. The van der Waals surface area contributed by atoms with E-state index in [1.165, 1.54) is 21.0 Å². The van der Waals surface area contributed by atoms with Crippen LogP contribution in [-0.2, 0) is 30.5 Å². The summed E-state index contributed by atoms with van der Waals surface area (Å²) in [6.07, 6.45) is 0. The molecule has 0 aromatic carbocycles. The van der Waals surface area contributed by atoms with Gasteiger partial charge in [0.05, 0.1) is 0 Å². The zero-order valence-electron chi connectivity index (χ0n) is 3.80. The Morgan fingerprint density at radius 1 is 1.17 bits per heavy atom. The number of hydrogen-bond acceptors (Lipinski definition) is 2. The first kappa shape index (κ1) is 9.79. The van der Waals surface area contributed by atoms with Gasteiger partial charge >= 0.3 is 21.1 Å². The van der Waals surface area contributed by atoms with E-state index in [2.05, 4.69) is 9.47 Å². The summed E-state index contributed by atoms with van der Waals surface area (Å²) in [5.41, 5.74) is 0. The van der Waals surface area contributed by atoms with E-state index >= 15 is 0 Å². The molecule has 2 nitrogen and oxygen atoms in total. The molecule has 6 heavy (non-hydrogen) atoms. The van der Waals surface area contributed by atoms with Crippen LogP contribution in [-0.4, -0.2) is 14.2 Å². The minimum Gasteiger partial charge on any atom is -0.527 e. The van der Waals surface area contributed by atoms with E-state index < -0.39 is 0 Å². The van der Waals surface area contributed by atoms with Crippen LogP contribution in [0.25, 0.3) is 0 Å². The van der Waals surface area contributed by atoms with Gasteiger partial charge in [0.2, 0.25) is 0 Å². The number of methoxy groups -OCH3 is 2. The average Bonchev–Trinajstić information content (AvgIpc) is 1.41. The predicted octanol–water partition coefficient (Wildman–Crippen LogP) is 0.396. The normalized spacial score (nSPS) is 7.00. The molecule has 0 N–H and O–H groups in total. The standard InChI is InChI=1S/C3H7O2.W/c1-4-3-5-2;/h3H,1-2H3;/q-1;+2. The molecule has 0 unspecified atom stereocenters. The molecule has 0 spiro atoms. The van der Waals surface area contributed by atoms with Crippen molar-refractivity contribution in [2.75, 3.05) is 14.2 Å². The molecule has 0 fully saturated rings. The Hall–Kier alpha value is 0.608. The van der Waals surface area contributed by atoms with Crippen LogP contribution in [0.4, 0.5) is 0 Å².